The normalized spacial score (nSPS) is 11.8. The Bertz CT molecular complexity index is 1320. The van der Waals surface area contributed by atoms with E-state index in [1.807, 2.05) is 25.1 Å². The molecule has 0 saturated carbocycles. The van der Waals surface area contributed by atoms with E-state index in [9.17, 15) is 23.1 Å². The summed E-state index contributed by atoms with van der Waals surface area (Å²) in [4.78, 5) is 17.4. The molecule has 9 heteroatoms. The fourth-order valence-electron chi connectivity index (χ4n) is 3.48. The number of benzene rings is 2. The molecule has 0 fully saturated rings. The van der Waals surface area contributed by atoms with Crippen LogP contribution in [0.4, 0.5) is 13.2 Å². The zero-order valence-electron chi connectivity index (χ0n) is 16.6. The number of imidazole rings is 1. The highest BCUT2D eigenvalue weighted by atomic mass is 19.4. The van der Waals surface area contributed by atoms with Gasteiger partial charge in [-0.05, 0) is 61.4 Å². The van der Waals surface area contributed by atoms with Crippen molar-refractivity contribution in [1.29, 1.82) is 0 Å². The number of halogens is 3. The smallest absolute Gasteiger partial charge is 0.493 e. The van der Waals surface area contributed by atoms with Gasteiger partial charge in [0.1, 0.15) is 5.75 Å². The van der Waals surface area contributed by atoms with E-state index >= 15 is 0 Å². The van der Waals surface area contributed by atoms with Crippen molar-refractivity contribution >= 4 is 10.9 Å². The van der Waals surface area contributed by atoms with E-state index in [-0.39, 0.29) is 18.1 Å². The molecule has 4 aromatic rings. The molecule has 2 heterocycles. The van der Waals surface area contributed by atoms with Crippen LogP contribution in [0.1, 0.15) is 16.8 Å². The fraction of sp³-hybridized carbons (Fsp3) is 0.182. The van der Waals surface area contributed by atoms with E-state index in [0.717, 1.165) is 38.7 Å². The predicted octanol–water partition coefficient (Wildman–Crippen LogP) is 4.46. The Morgan fingerprint density at radius 1 is 1.06 bits per heavy atom. The maximum atomic E-state index is 13.1. The van der Waals surface area contributed by atoms with E-state index in [1.165, 1.54) is 16.7 Å². The highest BCUT2D eigenvalue weighted by Gasteiger charge is 2.31. The third-order valence-electron chi connectivity index (χ3n) is 5.01. The summed E-state index contributed by atoms with van der Waals surface area (Å²) in [6, 6.07) is 12.4. The molecule has 1 N–H and O–H groups in total. The maximum Gasteiger partial charge on any atom is 0.573 e. The first-order valence-corrected chi connectivity index (χ1v) is 9.35. The third-order valence-corrected chi connectivity index (χ3v) is 5.01. The Morgan fingerprint density at radius 2 is 1.77 bits per heavy atom. The van der Waals surface area contributed by atoms with E-state index < -0.39 is 17.8 Å². The molecule has 0 bridgehead atoms. The van der Waals surface area contributed by atoms with Crippen LogP contribution in [-0.2, 0) is 6.54 Å². The van der Waals surface area contributed by atoms with Crippen molar-refractivity contribution in [3.63, 3.8) is 0 Å². The zero-order valence-corrected chi connectivity index (χ0v) is 16.6. The average Bonchev–Trinajstić information content (AvgIpc) is 2.91. The lowest BCUT2D eigenvalue weighted by Gasteiger charge is -2.09. The lowest BCUT2D eigenvalue weighted by molar-refractivity contribution is -0.274. The van der Waals surface area contributed by atoms with Crippen molar-refractivity contribution in [2.45, 2.75) is 26.8 Å². The Labute approximate surface area is 174 Å². The second-order valence-corrected chi connectivity index (χ2v) is 7.15. The van der Waals surface area contributed by atoms with Gasteiger partial charge in [-0.3, -0.25) is 9.55 Å². The number of aryl methyl sites for hydroxylation is 1. The topological polar surface area (TPSA) is 69.3 Å². The van der Waals surface area contributed by atoms with Crippen molar-refractivity contribution in [1.82, 2.24) is 14.1 Å². The summed E-state index contributed by atoms with van der Waals surface area (Å²) in [6.45, 7) is 3.76. The summed E-state index contributed by atoms with van der Waals surface area (Å²) in [5, 5.41) is 11.4. The molecule has 0 radical (unpaired) electrons. The maximum absolute atomic E-state index is 13.1. The molecule has 31 heavy (non-hydrogen) atoms. The summed E-state index contributed by atoms with van der Waals surface area (Å²) in [6.07, 6.45) is -3.15. The van der Waals surface area contributed by atoms with Crippen molar-refractivity contribution in [2.75, 3.05) is 0 Å². The summed E-state index contributed by atoms with van der Waals surface area (Å²) in [5.41, 5.74) is 2.74. The van der Waals surface area contributed by atoms with Gasteiger partial charge < -0.3 is 9.84 Å². The average molecular weight is 429 g/mol. The predicted molar refractivity (Wildman–Crippen MR) is 109 cm³/mol. The largest absolute Gasteiger partial charge is 0.573 e. The molecule has 6 nitrogen and oxygen atoms in total. The minimum Gasteiger partial charge on any atom is -0.493 e. The molecule has 0 atom stereocenters. The third kappa shape index (κ3) is 3.98. The fourth-order valence-corrected chi connectivity index (χ4v) is 3.48. The van der Waals surface area contributed by atoms with Gasteiger partial charge in [-0.1, -0.05) is 12.1 Å². The number of rotatable bonds is 4. The summed E-state index contributed by atoms with van der Waals surface area (Å²) < 4.78 is 43.4. The Balaban J connectivity index is 1.73. The number of ether oxygens (including phenoxy) is 1. The molecular formula is C22H18F3N3O3. The van der Waals surface area contributed by atoms with Crippen LogP contribution in [0, 0.1) is 13.8 Å². The monoisotopic (exact) mass is 429 g/mol. The number of pyridine rings is 1. The number of fused-ring (bicyclic) bond motifs is 1. The first kappa shape index (κ1) is 20.5. The van der Waals surface area contributed by atoms with Crippen molar-refractivity contribution < 1.29 is 23.0 Å². The first-order chi connectivity index (χ1) is 14.6. The molecule has 0 aliphatic rings. The molecule has 0 saturated heterocycles. The standard InChI is InChI=1S/C22H18F3N3O3/c1-13-3-8-18-15(9-10-26-19(18)11-13)12-27-14(2)20(29)28(21(27)30)16-4-6-17(7-5-16)31-22(23,24)25/h3-11,29H,12H2,1-2H3. The molecule has 160 valence electrons. The van der Waals surface area contributed by atoms with Crippen LogP contribution in [0.15, 0.2) is 59.5 Å². The van der Waals surface area contributed by atoms with Gasteiger partial charge in [-0.2, -0.15) is 0 Å². The van der Waals surface area contributed by atoms with Crippen LogP contribution in [0.3, 0.4) is 0 Å². The second kappa shape index (κ2) is 7.50. The SMILES string of the molecule is Cc1ccc2c(Cn3c(C)c(O)n(-c4ccc(OC(F)(F)F)cc4)c3=O)ccnc2c1. The van der Waals surface area contributed by atoms with Gasteiger partial charge in [0.25, 0.3) is 0 Å². The lowest BCUT2D eigenvalue weighted by Crippen LogP contribution is -2.24. The molecule has 0 amide bonds. The molecule has 0 spiro atoms. The van der Waals surface area contributed by atoms with Crippen LogP contribution < -0.4 is 10.4 Å². The number of hydrogen-bond donors (Lipinski definition) is 1. The molecule has 0 aliphatic carbocycles. The van der Waals surface area contributed by atoms with E-state index in [4.69, 9.17) is 0 Å². The summed E-state index contributed by atoms with van der Waals surface area (Å²) in [7, 11) is 0. The van der Waals surface area contributed by atoms with Crippen molar-refractivity contribution in [3.05, 3.63) is 82.0 Å². The Morgan fingerprint density at radius 3 is 2.45 bits per heavy atom. The van der Waals surface area contributed by atoms with Gasteiger partial charge >= 0.3 is 12.1 Å². The van der Waals surface area contributed by atoms with Gasteiger partial charge in [0.05, 0.1) is 23.4 Å². The van der Waals surface area contributed by atoms with Gasteiger partial charge in [0, 0.05) is 11.6 Å². The minimum atomic E-state index is -4.81. The number of aromatic hydroxyl groups is 1. The van der Waals surface area contributed by atoms with Crippen LogP contribution in [-0.4, -0.2) is 25.6 Å². The minimum absolute atomic E-state index is 0.197. The van der Waals surface area contributed by atoms with E-state index in [0.29, 0.717) is 5.69 Å². The van der Waals surface area contributed by atoms with Gasteiger partial charge in [-0.25, -0.2) is 9.36 Å². The van der Waals surface area contributed by atoms with Crippen LogP contribution in [0.25, 0.3) is 16.6 Å². The van der Waals surface area contributed by atoms with E-state index in [2.05, 4.69) is 9.72 Å². The van der Waals surface area contributed by atoms with Crippen LogP contribution in [0.2, 0.25) is 0 Å². The van der Waals surface area contributed by atoms with Crippen molar-refractivity contribution in [2.24, 2.45) is 0 Å². The number of nitrogens with zero attached hydrogens (tertiary/aromatic N) is 3. The molecule has 2 aromatic carbocycles. The van der Waals surface area contributed by atoms with E-state index in [1.54, 1.807) is 19.2 Å². The van der Waals surface area contributed by atoms with Crippen molar-refractivity contribution in [3.8, 4) is 17.3 Å². The van der Waals surface area contributed by atoms with Gasteiger partial charge in [-0.15, -0.1) is 13.2 Å². The number of alkyl halides is 3. The Kier molecular flexibility index (Phi) is 4.96. The molecule has 4 rings (SSSR count). The lowest BCUT2D eigenvalue weighted by atomic mass is 10.1. The first-order valence-electron chi connectivity index (χ1n) is 9.35. The molecule has 2 aromatic heterocycles. The summed E-state index contributed by atoms with van der Waals surface area (Å²) >= 11 is 0. The highest BCUT2D eigenvalue weighted by Crippen LogP contribution is 2.26. The van der Waals surface area contributed by atoms with Gasteiger partial charge in [0.2, 0.25) is 5.88 Å². The zero-order chi connectivity index (χ0) is 22.3. The Hall–Kier alpha value is -3.75. The van der Waals surface area contributed by atoms with Gasteiger partial charge in [0.15, 0.2) is 0 Å². The molecule has 0 aliphatic heterocycles. The van der Waals surface area contributed by atoms with Crippen LogP contribution in [0.5, 0.6) is 11.6 Å². The molecule has 0 unspecified atom stereocenters. The highest BCUT2D eigenvalue weighted by molar-refractivity contribution is 5.82. The van der Waals surface area contributed by atoms with Crippen LogP contribution >= 0.6 is 0 Å². The summed E-state index contributed by atoms with van der Waals surface area (Å²) in [5.74, 6) is -0.706. The number of aromatic nitrogens is 3. The number of hydrogen-bond acceptors (Lipinski definition) is 4. The molecular weight excluding hydrogens is 411 g/mol. The second-order valence-electron chi connectivity index (χ2n) is 7.15. The quantitative estimate of drug-likeness (QED) is 0.520.